The zero-order chi connectivity index (χ0) is 20.9. The van der Waals surface area contributed by atoms with Crippen LogP contribution in [0.5, 0.6) is 5.75 Å². The number of alkyl halides is 6. The molecular weight excluding hydrogens is 395 g/mol. The highest BCUT2D eigenvalue weighted by atomic mass is 19.4. The molecule has 0 saturated carbocycles. The zero-order valence-electron chi connectivity index (χ0n) is 13.9. The molecule has 0 N–H and O–H groups in total. The highest BCUT2D eigenvalue weighted by Gasteiger charge is 2.35. The maximum Gasteiger partial charge on any atom is 0.417 e. The molecule has 0 amide bonds. The first-order chi connectivity index (χ1) is 13.1. The molecule has 28 heavy (non-hydrogen) atoms. The van der Waals surface area contributed by atoms with Crippen molar-refractivity contribution < 1.29 is 35.5 Å². The Hall–Kier alpha value is -3.03. The number of rotatable bonds is 7. The van der Waals surface area contributed by atoms with Crippen molar-refractivity contribution in [2.45, 2.75) is 18.9 Å². The molecule has 0 aliphatic carbocycles. The van der Waals surface area contributed by atoms with Gasteiger partial charge < -0.3 is 9.64 Å². The van der Waals surface area contributed by atoms with Crippen molar-refractivity contribution in [1.82, 2.24) is 4.98 Å². The lowest BCUT2D eigenvalue weighted by molar-refractivity contribution is -0.137. The lowest BCUT2D eigenvalue weighted by atomic mass is 10.1. The SMILES string of the molecule is N#Cc1ccc(N(CCOc2ccc(F)nc2)C(F)C(F)F)cc1C(F)(F)F. The predicted molar refractivity (Wildman–Crippen MR) is 84.1 cm³/mol. The van der Waals surface area contributed by atoms with Gasteiger partial charge in [0.25, 0.3) is 6.43 Å². The average Bonchev–Trinajstić information content (AvgIpc) is 2.65. The third-order valence-corrected chi connectivity index (χ3v) is 3.57. The minimum atomic E-state index is -4.93. The van der Waals surface area contributed by atoms with Crippen molar-refractivity contribution in [3.8, 4) is 11.8 Å². The number of hydrogen-bond acceptors (Lipinski definition) is 4. The van der Waals surface area contributed by atoms with E-state index in [1.54, 1.807) is 0 Å². The number of hydrogen-bond donors (Lipinski definition) is 0. The molecule has 11 heteroatoms. The summed E-state index contributed by atoms with van der Waals surface area (Å²) in [5, 5.41) is 8.79. The second-order valence-corrected chi connectivity index (χ2v) is 5.41. The van der Waals surface area contributed by atoms with Crippen LogP contribution in [0.1, 0.15) is 11.1 Å². The van der Waals surface area contributed by atoms with E-state index in [9.17, 15) is 30.7 Å². The van der Waals surface area contributed by atoms with E-state index in [-0.39, 0.29) is 5.75 Å². The second kappa shape index (κ2) is 8.77. The van der Waals surface area contributed by atoms with E-state index in [1.165, 1.54) is 12.1 Å². The molecule has 2 aromatic rings. The van der Waals surface area contributed by atoms with Crippen LogP contribution >= 0.6 is 0 Å². The van der Waals surface area contributed by atoms with Gasteiger partial charge in [-0.15, -0.1) is 0 Å². The summed E-state index contributed by atoms with van der Waals surface area (Å²) >= 11 is 0. The molecule has 0 aliphatic heterocycles. The summed E-state index contributed by atoms with van der Waals surface area (Å²) in [5.74, 6) is -0.725. The summed E-state index contributed by atoms with van der Waals surface area (Å²) in [6, 6.07) is 5.64. The topological polar surface area (TPSA) is 49.2 Å². The van der Waals surface area contributed by atoms with Crippen molar-refractivity contribution >= 4 is 5.69 Å². The number of anilines is 1. The molecule has 0 saturated heterocycles. The number of nitriles is 1. The van der Waals surface area contributed by atoms with Crippen molar-refractivity contribution in [3.05, 3.63) is 53.6 Å². The van der Waals surface area contributed by atoms with Crippen LogP contribution in [0, 0.1) is 17.3 Å². The van der Waals surface area contributed by atoms with Crippen LogP contribution in [0.4, 0.5) is 36.4 Å². The molecule has 1 heterocycles. The summed E-state index contributed by atoms with van der Waals surface area (Å²) in [6.45, 7) is -0.951. The van der Waals surface area contributed by atoms with Crippen LogP contribution in [0.3, 0.4) is 0 Å². The van der Waals surface area contributed by atoms with Crippen LogP contribution in [-0.4, -0.2) is 30.9 Å². The lowest BCUT2D eigenvalue weighted by Crippen LogP contribution is -2.40. The molecule has 1 atom stereocenters. The van der Waals surface area contributed by atoms with Gasteiger partial charge in [-0.2, -0.15) is 22.8 Å². The first-order valence-corrected chi connectivity index (χ1v) is 7.68. The summed E-state index contributed by atoms with van der Waals surface area (Å²) in [7, 11) is 0. The van der Waals surface area contributed by atoms with Gasteiger partial charge in [-0.3, -0.25) is 0 Å². The summed E-state index contributed by atoms with van der Waals surface area (Å²) in [4.78, 5) is 3.69. The Kier molecular flexibility index (Phi) is 6.66. The summed E-state index contributed by atoms with van der Waals surface area (Å²) < 4.78 is 96.8. The third kappa shape index (κ3) is 5.25. The molecule has 1 unspecified atom stereocenters. The maximum absolute atomic E-state index is 14.0. The quantitative estimate of drug-likeness (QED) is 0.384. The fraction of sp³-hybridized carbons (Fsp3) is 0.294. The summed E-state index contributed by atoms with van der Waals surface area (Å²) in [5.41, 5.74) is -2.60. The van der Waals surface area contributed by atoms with Gasteiger partial charge in [-0.05, 0) is 30.3 Å². The highest BCUT2D eigenvalue weighted by molar-refractivity contribution is 5.55. The van der Waals surface area contributed by atoms with Gasteiger partial charge in [0.2, 0.25) is 12.2 Å². The molecule has 0 aliphatic rings. The van der Waals surface area contributed by atoms with E-state index in [2.05, 4.69) is 4.98 Å². The van der Waals surface area contributed by atoms with E-state index in [0.29, 0.717) is 11.0 Å². The van der Waals surface area contributed by atoms with E-state index >= 15 is 0 Å². The fourth-order valence-electron chi connectivity index (χ4n) is 2.28. The van der Waals surface area contributed by atoms with Gasteiger partial charge in [-0.25, -0.2) is 18.2 Å². The Balaban J connectivity index is 2.25. The number of nitrogens with zero attached hydrogens (tertiary/aromatic N) is 3. The average molecular weight is 407 g/mol. The Morgan fingerprint density at radius 2 is 1.86 bits per heavy atom. The normalized spacial score (nSPS) is 12.5. The van der Waals surface area contributed by atoms with Crippen molar-refractivity contribution in [1.29, 1.82) is 5.26 Å². The number of benzene rings is 1. The lowest BCUT2D eigenvalue weighted by Gasteiger charge is -2.28. The second-order valence-electron chi connectivity index (χ2n) is 5.41. The first-order valence-electron chi connectivity index (χ1n) is 7.68. The van der Waals surface area contributed by atoms with Gasteiger partial charge in [0.15, 0.2) is 0 Å². The predicted octanol–water partition coefficient (Wildman–Crippen LogP) is 4.56. The van der Waals surface area contributed by atoms with Crippen LogP contribution in [0.25, 0.3) is 0 Å². The first kappa shape index (κ1) is 21.3. The number of pyridine rings is 1. The van der Waals surface area contributed by atoms with Crippen molar-refractivity contribution in [2.75, 3.05) is 18.1 Å². The van der Waals surface area contributed by atoms with E-state index < -0.39 is 54.8 Å². The molecule has 4 nitrogen and oxygen atoms in total. The van der Waals surface area contributed by atoms with E-state index in [4.69, 9.17) is 10.00 Å². The van der Waals surface area contributed by atoms with Crippen LogP contribution in [-0.2, 0) is 6.18 Å². The molecule has 0 fully saturated rings. The molecular formula is C17H12F7N3O. The Bertz CT molecular complexity index is 834. The number of halogens is 7. The van der Waals surface area contributed by atoms with Gasteiger partial charge in [0, 0.05) is 5.69 Å². The molecule has 1 aromatic carbocycles. The molecule has 2 rings (SSSR count). The zero-order valence-corrected chi connectivity index (χ0v) is 13.9. The molecule has 1 aromatic heterocycles. The maximum atomic E-state index is 14.0. The minimum Gasteiger partial charge on any atom is -0.490 e. The van der Waals surface area contributed by atoms with Crippen LogP contribution in [0.2, 0.25) is 0 Å². The smallest absolute Gasteiger partial charge is 0.417 e. The molecule has 0 radical (unpaired) electrons. The van der Waals surface area contributed by atoms with E-state index in [0.717, 1.165) is 24.4 Å². The van der Waals surface area contributed by atoms with Gasteiger partial charge >= 0.3 is 6.18 Å². The van der Waals surface area contributed by atoms with Crippen LogP contribution in [0.15, 0.2) is 36.5 Å². The van der Waals surface area contributed by atoms with E-state index in [1.807, 2.05) is 0 Å². The van der Waals surface area contributed by atoms with Gasteiger partial charge in [-0.1, -0.05) is 0 Å². The summed E-state index contributed by atoms with van der Waals surface area (Å²) in [6.07, 6.45) is -10.3. The van der Waals surface area contributed by atoms with Crippen molar-refractivity contribution in [3.63, 3.8) is 0 Å². The molecule has 0 spiro atoms. The highest BCUT2D eigenvalue weighted by Crippen LogP contribution is 2.35. The van der Waals surface area contributed by atoms with Gasteiger partial charge in [0.1, 0.15) is 12.4 Å². The minimum absolute atomic E-state index is 0.0598. The molecule has 0 bridgehead atoms. The number of ether oxygens (including phenoxy) is 1. The standard InChI is InChI=1S/C17H12F7N3O/c18-14-4-3-12(9-26-14)28-6-5-27(16(21)15(19)20)11-2-1-10(8-25)13(7-11)17(22,23)24/h1-4,7,9,15-16H,5-6H2. The van der Waals surface area contributed by atoms with Gasteiger partial charge in [0.05, 0.1) is 29.9 Å². The molecule has 150 valence electrons. The number of aromatic nitrogens is 1. The monoisotopic (exact) mass is 407 g/mol. The van der Waals surface area contributed by atoms with Crippen molar-refractivity contribution in [2.24, 2.45) is 0 Å². The third-order valence-electron chi connectivity index (χ3n) is 3.57. The Morgan fingerprint density at radius 3 is 2.39 bits per heavy atom. The fourth-order valence-corrected chi connectivity index (χ4v) is 2.28. The largest absolute Gasteiger partial charge is 0.490 e. The Morgan fingerprint density at radius 1 is 1.14 bits per heavy atom. The van der Waals surface area contributed by atoms with Crippen LogP contribution < -0.4 is 9.64 Å². The Labute approximate surface area is 154 Å².